The Morgan fingerprint density at radius 1 is 1.24 bits per heavy atom. The molecule has 1 heterocycles. The van der Waals surface area contributed by atoms with Crippen molar-refractivity contribution in [1.29, 1.82) is 0 Å². The SMILES string of the molecule is CC1CN(C(=O)Nc2ccccc2)CC(C)N1. The molecule has 4 nitrogen and oxygen atoms in total. The summed E-state index contributed by atoms with van der Waals surface area (Å²) in [6, 6.07) is 10.2. The number of nitrogens with one attached hydrogen (secondary N) is 2. The van der Waals surface area contributed by atoms with Gasteiger partial charge >= 0.3 is 6.03 Å². The lowest BCUT2D eigenvalue weighted by molar-refractivity contribution is 0.176. The Balaban J connectivity index is 1.96. The molecule has 0 aromatic heterocycles. The van der Waals surface area contributed by atoms with E-state index in [4.69, 9.17) is 0 Å². The van der Waals surface area contributed by atoms with Gasteiger partial charge in [0.15, 0.2) is 0 Å². The lowest BCUT2D eigenvalue weighted by Crippen LogP contribution is -2.56. The second-order valence-electron chi connectivity index (χ2n) is 4.67. The van der Waals surface area contributed by atoms with Crippen molar-refractivity contribution < 1.29 is 4.79 Å². The van der Waals surface area contributed by atoms with Gasteiger partial charge in [0.1, 0.15) is 0 Å². The Labute approximate surface area is 102 Å². The maximum absolute atomic E-state index is 12.0. The molecule has 1 aromatic rings. The first-order valence-electron chi connectivity index (χ1n) is 6.02. The van der Waals surface area contributed by atoms with Gasteiger partial charge in [-0.2, -0.15) is 0 Å². The maximum atomic E-state index is 12.0. The normalized spacial score (nSPS) is 24.5. The first-order valence-corrected chi connectivity index (χ1v) is 6.02. The summed E-state index contributed by atoms with van der Waals surface area (Å²) in [6.07, 6.45) is 0. The molecule has 92 valence electrons. The number of hydrogen-bond acceptors (Lipinski definition) is 2. The molecule has 2 unspecified atom stereocenters. The van der Waals surface area contributed by atoms with Crippen LogP contribution in [0.2, 0.25) is 0 Å². The number of carbonyl (C=O) groups is 1. The minimum Gasteiger partial charge on any atom is -0.321 e. The molecule has 4 heteroatoms. The number of nitrogens with zero attached hydrogens (tertiary/aromatic N) is 1. The van der Waals surface area contributed by atoms with Gasteiger partial charge in [0, 0.05) is 30.9 Å². The molecule has 2 atom stereocenters. The monoisotopic (exact) mass is 233 g/mol. The van der Waals surface area contributed by atoms with E-state index in [9.17, 15) is 4.79 Å². The van der Waals surface area contributed by atoms with Crippen LogP contribution in [0.4, 0.5) is 10.5 Å². The quantitative estimate of drug-likeness (QED) is 0.778. The van der Waals surface area contributed by atoms with E-state index >= 15 is 0 Å². The number of carbonyl (C=O) groups excluding carboxylic acids is 1. The van der Waals surface area contributed by atoms with Crippen molar-refractivity contribution in [2.75, 3.05) is 18.4 Å². The van der Waals surface area contributed by atoms with E-state index in [1.165, 1.54) is 0 Å². The Hall–Kier alpha value is -1.55. The van der Waals surface area contributed by atoms with Gasteiger partial charge in [0.05, 0.1) is 0 Å². The summed E-state index contributed by atoms with van der Waals surface area (Å²) < 4.78 is 0. The van der Waals surface area contributed by atoms with Gasteiger partial charge in [-0.1, -0.05) is 18.2 Å². The number of amides is 2. The van der Waals surface area contributed by atoms with E-state index in [0.29, 0.717) is 12.1 Å². The van der Waals surface area contributed by atoms with E-state index in [2.05, 4.69) is 24.5 Å². The molecule has 1 fully saturated rings. The lowest BCUT2D eigenvalue weighted by Gasteiger charge is -2.36. The number of piperazine rings is 1. The van der Waals surface area contributed by atoms with Crippen LogP contribution in [0.5, 0.6) is 0 Å². The summed E-state index contributed by atoms with van der Waals surface area (Å²) in [5, 5.41) is 6.32. The van der Waals surface area contributed by atoms with Crippen LogP contribution in [-0.2, 0) is 0 Å². The van der Waals surface area contributed by atoms with Gasteiger partial charge in [0.25, 0.3) is 0 Å². The molecule has 2 rings (SSSR count). The van der Waals surface area contributed by atoms with E-state index in [0.717, 1.165) is 18.8 Å². The first kappa shape index (κ1) is 11.9. The predicted molar refractivity (Wildman–Crippen MR) is 69.1 cm³/mol. The minimum absolute atomic E-state index is 0.0172. The fourth-order valence-corrected chi connectivity index (χ4v) is 2.22. The summed E-state index contributed by atoms with van der Waals surface area (Å²) in [7, 11) is 0. The summed E-state index contributed by atoms with van der Waals surface area (Å²) in [4.78, 5) is 13.9. The Bertz CT molecular complexity index is 370. The molecule has 1 aliphatic rings. The van der Waals surface area contributed by atoms with Gasteiger partial charge < -0.3 is 15.5 Å². The third-order valence-corrected chi connectivity index (χ3v) is 2.87. The second kappa shape index (κ2) is 5.19. The first-order chi connectivity index (χ1) is 8.15. The molecule has 2 N–H and O–H groups in total. The summed E-state index contributed by atoms with van der Waals surface area (Å²) in [5.41, 5.74) is 0.844. The average Bonchev–Trinajstić information content (AvgIpc) is 2.29. The van der Waals surface area contributed by atoms with E-state index < -0.39 is 0 Å². The molecule has 0 spiro atoms. The summed E-state index contributed by atoms with van der Waals surface area (Å²) >= 11 is 0. The molecule has 0 radical (unpaired) electrons. The molecule has 0 bridgehead atoms. The average molecular weight is 233 g/mol. The topological polar surface area (TPSA) is 44.4 Å². The highest BCUT2D eigenvalue weighted by molar-refractivity contribution is 5.89. The summed E-state index contributed by atoms with van der Waals surface area (Å²) in [6.45, 7) is 5.70. The molecule has 1 aliphatic heterocycles. The van der Waals surface area contributed by atoms with Crippen molar-refractivity contribution in [3.63, 3.8) is 0 Å². The van der Waals surface area contributed by atoms with Crippen molar-refractivity contribution in [2.24, 2.45) is 0 Å². The van der Waals surface area contributed by atoms with E-state index in [1.807, 2.05) is 35.2 Å². The van der Waals surface area contributed by atoms with Crippen LogP contribution >= 0.6 is 0 Å². The third kappa shape index (κ3) is 3.20. The number of rotatable bonds is 1. The van der Waals surface area contributed by atoms with Crippen molar-refractivity contribution in [2.45, 2.75) is 25.9 Å². The van der Waals surface area contributed by atoms with Gasteiger partial charge in [-0.05, 0) is 26.0 Å². The molecule has 0 saturated carbocycles. The lowest BCUT2D eigenvalue weighted by atomic mass is 10.1. The van der Waals surface area contributed by atoms with Crippen LogP contribution in [0.1, 0.15) is 13.8 Å². The number of urea groups is 1. The third-order valence-electron chi connectivity index (χ3n) is 2.87. The molecule has 17 heavy (non-hydrogen) atoms. The Kier molecular flexibility index (Phi) is 3.64. The van der Waals surface area contributed by atoms with Gasteiger partial charge in [-0.25, -0.2) is 4.79 Å². The van der Waals surface area contributed by atoms with Crippen LogP contribution in [0.25, 0.3) is 0 Å². The Morgan fingerprint density at radius 2 is 1.82 bits per heavy atom. The van der Waals surface area contributed by atoms with Gasteiger partial charge in [0.2, 0.25) is 0 Å². The molecular formula is C13H19N3O. The smallest absolute Gasteiger partial charge is 0.321 e. The maximum Gasteiger partial charge on any atom is 0.321 e. The van der Waals surface area contributed by atoms with Crippen LogP contribution < -0.4 is 10.6 Å². The van der Waals surface area contributed by atoms with Crippen molar-refractivity contribution >= 4 is 11.7 Å². The minimum atomic E-state index is -0.0172. The van der Waals surface area contributed by atoms with Crippen molar-refractivity contribution in [3.8, 4) is 0 Å². The van der Waals surface area contributed by atoms with Crippen molar-refractivity contribution in [3.05, 3.63) is 30.3 Å². The highest BCUT2D eigenvalue weighted by Crippen LogP contribution is 2.09. The highest BCUT2D eigenvalue weighted by Gasteiger charge is 2.24. The van der Waals surface area contributed by atoms with Crippen LogP contribution in [-0.4, -0.2) is 36.1 Å². The zero-order valence-electron chi connectivity index (χ0n) is 10.3. The fourth-order valence-electron chi connectivity index (χ4n) is 2.22. The van der Waals surface area contributed by atoms with E-state index in [1.54, 1.807) is 0 Å². The zero-order chi connectivity index (χ0) is 12.3. The molecule has 0 aliphatic carbocycles. The van der Waals surface area contributed by atoms with Crippen LogP contribution in [0.15, 0.2) is 30.3 Å². The number of anilines is 1. The number of benzene rings is 1. The largest absolute Gasteiger partial charge is 0.321 e. The van der Waals surface area contributed by atoms with E-state index in [-0.39, 0.29) is 6.03 Å². The predicted octanol–water partition coefficient (Wildman–Crippen LogP) is 1.90. The Morgan fingerprint density at radius 3 is 2.41 bits per heavy atom. The molecule has 1 aromatic carbocycles. The van der Waals surface area contributed by atoms with Crippen LogP contribution in [0, 0.1) is 0 Å². The summed E-state index contributed by atoms with van der Waals surface area (Å²) in [5.74, 6) is 0. The standard InChI is InChI=1S/C13H19N3O/c1-10-8-16(9-11(2)14-10)13(17)15-12-6-4-3-5-7-12/h3-7,10-11,14H,8-9H2,1-2H3,(H,15,17). The molecule has 2 amide bonds. The van der Waals surface area contributed by atoms with Gasteiger partial charge in [-0.3, -0.25) is 0 Å². The molecular weight excluding hydrogens is 214 g/mol. The fraction of sp³-hybridized carbons (Fsp3) is 0.462. The second-order valence-corrected chi connectivity index (χ2v) is 4.67. The van der Waals surface area contributed by atoms with Gasteiger partial charge in [-0.15, -0.1) is 0 Å². The van der Waals surface area contributed by atoms with Crippen molar-refractivity contribution in [1.82, 2.24) is 10.2 Å². The van der Waals surface area contributed by atoms with Crippen LogP contribution in [0.3, 0.4) is 0 Å². The molecule has 1 saturated heterocycles. The highest BCUT2D eigenvalue weighted by atomic mass is 16.2. The number of para-hydroxylation sites is 1. The zero-order valence-corrected chi connectivity index (χ0v) is 10.3. The number of hydrogen-bond donors (Lipinski definition) is 2.